The highest BCUT2D eigenvalue weighted by atomic mass is 35.5. The summed E-state index contributed by atoms with van der Waals surface area (Å²) in [5.74, 6) is -0.994. The van der Waals surface area contributed by atoms with Crippen LogP contribution in [0.25, 0.3) is 10.9 Å². The lowest BCUT2D eigenvalue weighted by atomic mass is 9.94. The topological polar surface area (TPSA) is 40.5 Å². The van der Waals surface area contributed by atoms with Gasteiger partial charge in [-0.15, -0.1) is 11.3 Å². The van der Waals surface area contributed by atoms with Gasteiger partial charge in [-0.05, 0) is 54.8 Å². The second kappa shape index (κ2) is 8.65. The van der Waals surface area contributed by atoms with E-state index in [0.29, 0.717) is 18.2 Å². The number of halogens is 2. The molecule has 1 saturated heterocycles. The van der Waals surface area contributed by atoms with Crippen LogP contribution in [0.5, 0.6) is 0 Å². The number of nitrogens with zero attached hydrogens (tertiary/aromatic N) is 1. The lowest BCUT2D eigenvalue weighted by Gasteiger charge is -2.29. The van der Waals surface area contributed by atoms with Gasteiger partial charge < -0.3 is 14.0 Å². The van der Waals surface area contributed by atoms with Gasteiger partial charge in [0.15, 0.2) is 0 Å². The summed E-state index contributed by atoms with van der Waals surface area (Å²) in [6.45, 7) is 1.000. The van der Waals surface area contributed by atoms with Crippen LogP contribution < -0.4 is 5.56 Å². The Labute approximate surface area is 199 Å². The molecule has 2 aromatic carbocycles. The van der Waals surface area contributed by atoms with Crippen LogP contribution in [0.2, 0.25) is 9.36 Å². The fourth-order valence-electron chi connectivity index (χ4n) is 4.27. The number of pyridine rings is 1. The molecule has 0 amide bonds. The van der Waals surface area contributed by atoms with Crippen LogP contribution in [0.1, 0.15) is 21.6 Å². The zero-order valence-corrected chi connectivity index (χ0v) is 19.8. The Morgan fingerprint density at radius 3 is 2.34 bits per heavy atom. The van der Waals surface area contributed by atoms with E-state index in [4.69, 9.17) is 32.7 Å². The third kappa shape index (κ3) is 3.89. The van der Waals surface area contributed by atoms with Crippen LogP contribution in [0.4, 0.5) is 0 Å². The van der Waals surface area contributed by atoms with Gasteiger partial charge in [-0.1, -0.05) is 41.4 Å². The lowest BCUT2D eigenvalue weighted by molar-refractivity contribution is -0.129. The zero-order valence-electron chi connectivity index (χ0n) is 17.4. The van der Waals surface area contributed by atoms with Crippen molar-refractivity contribution < 1.29 is 9.47 Å². The summed E-state index contributed by atoms with van der Waals surface area (Å²) >= 11 is 13.8. The van der Waals surface area contributed by atoms with Crippen molar-refractivity contribution in [3.8, 4) is 0 Å². The van der Waals surface area contributed by atoms with Crippen molar-refractivity contribution in [3.05, 3.63) is 102 Å². The average molecular weight is 486 g/mol. The van der Waals surface area contributed by atoms with Gasteiger partial charge in [0.25, 0.3) is 5.56 Å². The fraction of sp³-hybridized carbons (Fsp3) is 0.240. The Kier molecular flexibility index (Phi) is 5.86. The molecule has 1 aliphatic rings. The van der Waals surface area contributed by atoms with Crippen LogP contribution >= 0.6 is 34.5 Å². The molecule has 164 valence electrons. The van der Waals surface area contributed by atoms with Gasteiger partial charge in [0.2, 0.25) is 5.79 Å². The number of benzene rings is 2. The largest absolute Gasteiger partial charge is 0.340 e. The van der Waals surface area contributed by atoms with Crippen LogP contribution in [0.15, 0.2) is 65.5 Å². The molecule has 1 fully saturated rings. The predicted molar refractivity (Wildman–Crippen MR) is 130 cm³/mol. The summed E-state index contributed by atoms with van der Waals surface area (Å²) in [4.78, 5) is 13.8. The van der Waals surface area contributed by atoms with Crippen molar-refractivity contribution in [3.63, 3.8) is 0 Å². The van der Waals surface area contributed by atoms with Gasteiger partial charge in [-0.3, -0.25) is 4.79 Å². The second-order valence-corrected chi connectivity index (χ2v) is 10.1. The first-order valence-electron chi connectivity index (χ1n) is 10.4. The van der Waals surface area contributed by atoms with E-state index in [1.807, 2.05) is 48.5 Å². The van der Waals surface area contributed by atoms with E-state index in [9.17, 15) is 4.79 Å². The molecule has 0 N–H and O–H groups in total. The number of hydrogen-bond donors (Lipinski definition) is 0. The smallest absolute Gasteiger partial charge is 0.251 e. The second-order valence-electron chi connectivity index (χ2n) is 7.82. The van der Waals surface area contributed by atoms with Crippen molar-refractivity contribution in [2.24, 2.45) is 7.05 Å². The highest BCUT2D eigenvalue weighted by Gasteiger charge is 2.40. The van der Waals surface area contributed by atoms with E-state index >= 15 is 0 Å². The molecule has 4 nitrogen and oxygen atoms in total. The first-order valence-corrected chi connectivity index (χ1v) is 11.9. The highest BCUT2D eigenvalue weighted by Crippen LogP contribution is 2.40. The monoisotopic (exact) mass is 485 g/mol. The molecular weight excluding hydrogens is 465 g/mol. The fourth-order valence-corrected chi connectivity index (χ4v) is 5.48. The van der Waals surface area contributed by atoms with Crippen LogP contribution in [-0.4, -0.2) is 17.8 Å². The minimum atomic E-state index is -0.994. The molecule has 4 aromatic rings. The maximum absolute atomic E-state index is 12.6. The molecule has 0 bridgehead atoms. The number of aryl methyl sites for hydroxylation is 3. The van der Waals surface area contributed by atoms with E-state index in [-0.39, 0.29) is 5.56 Å². The normalized spacial score (nSPS) is 15.5. The van der Waals surface area contributed by atoms with Gasteiger partial charge >= 0.3 is 0 Å². The molecule has 2 aromatic heterocycles. The molecular formula is C25H21Cl2NO3S. The molecule has 3 heterocycles. The van der Waals surface area contributed by atoms with Crippen molar-refractivity contribution in [2.75, 3.05) is 13.2 Å². The van der Waals surface area contributed by atoms with Gasteiger partial charge in [-0.2, -0.15) is 0 Å². The molecule has 0 radical (unpaired) electrons. The maximum Gasteiger partial charge on any atom is 0.251 e. The summed E-state index contributed by atoms with van der Waals surface area (Å²) in [6, 6.07) is 19.3. The number of thiophene rings is 1. The standard InChI is InChI=1S/C25H21Cl2NO3S/c1-28-22-10-5-18(25(30-12-13-31-25)17-3-6-19(26)7-4-17)15-21(22)16(14-24(28)29)2-8-20-9-11-23(27)32-20/h3-7,9-11,14-15H,2,8,12-13H2,1H3. The Hall–Kier alpha value is -2.15. The van der Waals surface area contributed by atoms with Crippen LogP contribution in [0, 0.1) is 0 Å². The van der Waals surface area contributed by atoms with Crippen LogP contribution in [-0.2, 0) is 35.2 Å². The summed E-state index contributed by atoms with van der Waals surface area (Å²) in [5.41, 5.74) is 3.64. The quantitative estimate of drug-likeness (QED) is 0.351. The summed E-state index contributed by atoms with van der Waals surface area (Å²) in [5, 5.41) is 1.67. The van der Waals surface area contributed by atoms with Crippen LogP contribution in [0.3, 0.4) is 0 Å². The maximum atomic E-state index is 12.6. The molecule has 5 rings (SSSR count). The van der Waals surface area contributed by atoms with Crippen molar-refractivity contribution in [1.82, 2.24) is 4.57 Å². The first-order chi connectivity index (χ1) is 15.5. The van der Waals surface area contributed by atoms with Gasteiger partial charge in [0.1, 0.15) is 0 Å². The third-order valence-corrected chi connectivity index (χ3v) is 7.44. The predicted octanol–water partition coefficient (Wildman–Crippen LogP) is 5.94. The third-order valence-electron chi connectivity index (χ3n) is 5.90. The van der Waals surface area contributed by atoms with Gasteiger partial charge in [-0.25, -0.2) is 0 Å². The van der Waals surface area contributed by atoms with E-state index in [2.05, 4.69) is 6.07 Å². The average Bonchev–Trinajstić information content (AvgIpc) is 3.45. The number of hydrogen-bond acceptors (Lipinski definition) is 4. The van der Waals surface area contributed by atoms with Crippen molar-refractivity contribution in [2.45, 2.75) is 18.6 Å². The minimum Gasteiger partial charge on any atom is -0.340 e. The van der Waals surface area contributed by atoms with E-state index in [0.717, 1.165) is 44.8 Å². The molecule has 0 unspecified atom stereocenters. The van der Waals surface area contributed by atoms with E-state index in [1.165, 1.54) is 4.88 Å². The lowest BCUT2D eigenvalue weighted by Crippen LogP contribution is -2.29. The number of fused-ring (bicyclic) bond motifs is 1. The molecule has 1 aliphatic heterocycles. The molecule has 0 atom stereocenters. The highest BCUT2D eigenvalue weighted by molar-refractivity contribution is 7.16. The summed E-state index contributed by atoms with van der Waals surface area (Å²) < 4.78 is 14.8. The summed E-state index contributed by atoms with van der Waals surface area (Å²) in [7, 11) is 1.80. The Balaban J connectivity index is 1.62. The molecule has 7 heteroatoms. The minimum absolute atomic E-state index is 0.0229. The van der Waals surface area contributed by atoms with E-state index in [1.54, 1.807) is 29.0 Å². The molecule has 0 saturated carbocycles. The number of rotatable bonds is 5. The van der Waals surface area contributed by atoms with Gasteiger partial charge in [0.05, 0.1) is 23.1 Å². The number of aromatic nitrogens is 1. The van der Waals surface area contributed by atoms with Crippen molar-refractivity contribution >= 4 is 45.4 Å². The molecule has 0 aliphatic carbocycles. The van der Waals surface area contributed by atoms with E-state index < -0.39 is 5.79 Å². The van der Waals surface area contributed by atoms with Crippen molar-refractivity contribution in [1.29, 1.82) is 0 Å². The Morgan fingerprint density at radius 2 is 1.66 bits per heavy atom. The molecule has 32 heavy (non-hydrogen) atoms. The Morgan fingerprint density at radius 1 is 0.938 bits per heavy atom. The summed E-state index contributed by atoms with van der Waals surface area (Å²) in [6.07, 6.45) is 1.56. The molecule has 0 spiro atoms. The first kappa shape index (κ1) is 21.7. The SMILES string of the molecule is Cn1c(=O)cc(CCc2ccc(Cl)s2)c2cc(C3(c4ccc(Cl)cc4)OCCO3)ccc21. The zero-order chi connectivity index (χ0) is 22.3. The Bertz CT molecular complexity index is 1340. The number of ether oxygens (including phenoxy) is 2. The van der Waals surface area contributed by atoms with Gasteiger partial charge in [0, 0.05) is 39.5 Å².